The summed E-state index contributed by atoms with van der Waals surface area (Å²) >= 11 is 0. The Morgan fingerprint density at radius 1 is 1.17 bits per heavy atom. The number of carboxylic acids is 1. The van der Waals surface area contributed by atoms with E-state index in [2.05, 4.69) is 10.6 Å². The largest absolute Gasteiger partial charge is 0.480 e. The number of carbonyl (C=O) groups is 3. The molecule has 0 aliphatic carbocycles. The van der Waals surface area contributed by atoms with Crippen molar-refractivity contribution < 1.29 is 24.2 Å². The lowest BCUT2D eigenvalue weighted by Gasteiger charge is -2.27. The minimum atomic E-state index is -1.13. The average Bonchev–Trinajstić information content (AvgIpc) is 2.48. The lowest BCUT2D eigenvalue weighted by Crippen LogP contribution is -2.51. The molecule has 0 saturated heterocycles. The first-order chi connectivity index (χ1) is 10.7. The van der Waals surface area contributed by atoms with Gasteiger partial charge >= 0.3 is 12.1 Å². The zero-order chi connectivity index (χ0) is 17.5. The number of benzene rings is 1. The number of rotatable bonds is 6. The minimum Gasteiger partial charge on any atom is -0.480 e. The first-order valence-corrected chi connectivity index (χ1v) is 7.17. The Balaban J connectivity index is 2.37. The predicted molar refractivity (Wildman–Crippen MR) is 83.7 cm³/mol. The summed E-state index contributed by atoms with van der Waals surface area (Å²) in [5.41, 5.74) is 0.181. The van der Waals surface area contributed by atoms with Crippen molar-refractivity contribution in [2.45, 2.75) is 33.4 Å². The number of hydrogen-bond acceptors (Lipinski definition) is 4. The molecule has 0 saturated carbocycles. The number of hydrogen-bond donors (Lipinski definition) is 3. The number of nitrogens with one attached hydrogen (secondary N) is 2. The smallest absolute Gasteiger partial charge is 0.407 e. The van der Waals surface area contributed by atoms with Gasteiger partial charge in [0.1, 0.15) is 19.2 Å². The number of carbonyl (C=O) groups excluding carboxylic acids is 2. The molecule has 0 bridgehead atoms. The van der Waals surface area contributed by atoms with Crippen molar-refractivity contribution in [3.8, 4) is 0 Å². The van der Waals surface area contributed by atoms with Crippen LogP contribution >= 0.6 is 0 Å². The Kier molecular flexibility index (Phi) is 6.56. The van der Waals surface area contributed by atoms with Crippen LogP contribution in [0.2, 0.25) is 0 Å². The highest BCUT2D eigenvalue weighted by atomic mass is 16.5. The molecule has 3 N–H and O–H groups in total. The fourth-order valence-corrected chi connectivity index (χ4v) is 1.79. The summed E-state index contributed by atoms with van der Waals surface area (Å²) in [5, 5.41) is 13.8. The van der Waals surface area contributed by atoms with Gasteiger partial charge in [-0.2, -0.15) is 0 Å². The standard InChI is InChI=1S/C16H22N2O5/c1-16(2,3)13(14(20)21)18-12(19)9-17-15(22)23-10-11-7-5-4-6-8-11/h4-8,13H,9-10H2,1-3H3,(H,17,22)(H,18,19)(H,20,21)/t13-/m1/s1. The van der Waals surface area contributed by atoms with E-state index in [1.54, 1.807) is 32.9 Å². The summed E-state index contributed by atoms with van der Waals surface area (Å²) in [6, 6.07) is 8.06. The Bertz CT molecular complexity index is 551. The van der Waals surface area contributed by atoms with Crippen LogP contribution in [0.1, 0.15) is 26.3 Å². The fraction of sp³-hybridized carbons (Fsp3) is 0.438. The van der Waals surface area contributed by atoms with Gasteiger partial charge in [0.2, 0.25) is 5.91 Å². The van der Waals surface area contributed by atoms with E-state index in [0.29, 0.717) is 0 Å². The number of carboxylic acid groups (broad SMARTS) is 1. The van der Waals surface area contributed by atoms with Gasteiger partial charge < -0.3 is 20.5 Å². The van der Waals surface area contributed by atoms with Gasteiger partial charge in [-0.25, -0.2) is 9.59 Å². The minimum absolute atomic E-state index is 0.0913. The number of ether oxygens (including phenoxy) is 1. The van der Waals surface area contributed by atoms with Crippen LogP contribution in [0.4, 0.5) is 4.79 Å². The maximum absolute atomic E-state index is 11.7. The summed E-state index contributed by atoms with van der Waals surface area (Å²) in [6.45, 7) is 4.84. The molecule has 1 aromatic rings. The molecule has 126 valence electrons. The zero-order valence-corrected chi connectivity index (χ0v) is 13.5. The molecule has 1 rings (SSSR count). The van der Waals surface area contributed by atoms with E-state index >= 15 is 0 Å². The van der Waals surface area contributed by atoms with Gasteiger partial charge in [-0.05, 0) is 11.0 Å². The molecule has 0 aliphatic heterocycles. The predicted octanol–water partition coefficient (Wildman–Crippen LogP) is 1.53. The molecule has 1 aromatic carbocycles. The van der Waals surface area contributed by atoms with Crippen LogP contribution in [-0.2, 0) is 20.9 Å². The van der Waals surface area contributed by atoms with Crippen molar-refractivity contribution in [2.75, 3.05) is 6.54 Å². The summed E-state index contributed by atoms with van der Waals surface area (Å²) in [4.78, 5) is 34.4. The van der Waals surface area contributed by atoms with E-state index in [1.807, 2.05) is 18.2 Å². The van der Waals surface area contributed by atoms with Crippen LogP contribution < -0.4 is 10.6 Å². The molecule has 7 heteroatoms. The maximum atomic E-state index is 11.7. The van der Waals surface area contributed by atoms with Crippen LogP contribution in [0, 0.1) is 5.41 Å². The van der Waals surface area contributed by atoms with Crippen LogP contribution in [0.5, 0.6) is 0 Å². The van der Waals surface area contributed by atoms with E-state index in [0.717, 1.165) is 5.56 Å². The second kappa shape index (κ2) is 8.17. The normalized spacial score (nSPS) is 12.1. The van der Waals surface area contributed by atoms with Crippen LogP contribution in [-0.4, -0.2) is 35.7 Å². The van der Waals surface area contributed by atoms with Gasteiger partial charge in [0.25, 0.3) is 0 Å². The van der Waals surface area contributed by atoms with Crippen LogP contribution in [0.3, 0.4) is 0 Å². The van der Waals surface area contributed by atoms with Gasteiger partial charge in [-0.1, -0.05) is 51.1 Å². The highest BCUT2D eigenvalue weighted by Gasteiger charge is 2.32. The Hall–Kier alpha value is -2.57. The number of aliphatic carboxylic acids is 1. The Morgan fingerprint density at radius 3 is 2.30 bits per heavy atom. The average molecular weight is 322 g/mol. The van der Waals surface area contributed by atoms with E-state index < -0.39 is 29.4 Å². The van der Waals surface area contributed by atoms with Crippen molar-refractivity contribution in [2.24, 2.45) is 5.41 Å². The highest BCUT2D eigenvalue weighted by molar-refractivity contribution is 5.87. The van der Waals surface area contributed by atoms with Gasteiger partial charge in [-0.15, -0.1) is 0 Å². The topological polar surface area (TPSA) is 105 Å². The molecule has 0 aliphatic rings. The molecule has 0 aromatic heterocycles. The van der Waals surface area contributed by atoms with E-state index in [4.69, 9.17) is 9.84 Å². The fourth-order valence-electron chi connectivity index (χ4n) is 1.79. The molecule has 23 heavy (non-hydrogen) atoms. The second-order valence-corrected chi connectivity index (χ2v) is 6.12. The second-order valence-electron chi connectivity index (χ2n) is 6.12. The third-order valence-electron chi connectivity index (χ3n) is 3.02. The molecule has 0 fully saturated rings. The first kappa shape index (κ1) is 18.5. The van der Waals surface area contributed by atoms with Crippen molar-refractivity contribution in [3.05, 3.63) is 35.9 Å². The Morgan fingerprint density at radius 2 is 1.78 bits per heavy atom. The van der Waals surface area contributed by atoms with Gasteiger partial charge in [0.05, 0.1) is 0 Å². The maximum Gasteiger partial charge on any atom is 0.407 e. The van der Waals surface area contributed by atoms with Crippen molar-refractivity contribution in [3.63, 3.8) is 0 Å². The van der Waals surface area contributed by atoms with E-state index in [1.165, 1.54) is 0 Å². The monoisotopic (exact) mass is 322 g/mol. The molecule has 2 amide bonds. The SMILES string of the molecule is CC(C)(C)[C@H](NC(=O)CNC(=O)OCc1ccccc1)C(=O)O. The molecule has 1 atom stereocenters. The first-order valence-electron chi connectivity index (χ1n) is 7.17. The molecular formula is C16H22N2O5. The molecule has 0 heterocycles. The highest BCUT2D eigenvalue weighted by Crippen LogP contribution is 2.19. The number of alkyl carbamates (subject to hydrolysis) is 1. The van der Waals surface area contributed by atoms with Crippen molar-refractivity contribution in [1.82, 2.24) is 10.6 Å². The summed E-state index contributed by atoms with van der Waals surface area (Å²) in [6.07, 6.45) is -0.744. The van der Waals surface area contributed by atoms with Gasteiger partial charge in [0, 0.05) is 0 Å². The van der Waals surface area contributed by atoms with Crippen LogP contribution in [0.15, 0.2) is 30.3 Å². The Labute approximate surface area is 135 Å². The lowest BCUT2D eigenvalue weighted by atomic mass is 9.87. The molecule has 0 spiro atoms. The summed E-state index contributed by atoms with van der Waals surface area (Å²) in [5.74, 6) is -1.72. The molecule has 7 nitrogen and oxygen atoms in total. The third kappa shape index (κ3) is 6.82. The lowest BCUT2D eigenvalue weighted by molar-refractivity contribution is -0.144. The molecule has 0 unspecified atom stereocenters. The van der Waals surface area contributed by atoms with Crippen LogP contribution in [0.25, 0.3) is 0 Å². The summed E-state index contributed by atoms with van der Waals surface area (Å²) < 4.78 is 4.95. The molecular weight excluding hydrogens is 300 g/mol. The molecule has 0 radical (unpaired) electrons. The zero-order valence-electron chi connectivity index (χ0n) is 13.5. The number of amides is 2. The van der Waals surface area contributed by atoms with Gasteiger partial charge in [0.15, 0.2) is 0 Å². The van der Waals surface area contributed by atoms with E-state index in [-0.39, 0.29) is 13.2 Å². The van der Waals surface area contributed by atoms with Crippen molar-refractivity contribution in [1.29, 1.82) is 0 Å². The summed E-state index contributed by atoms with van der Waals surface area (Å²) in [7, 11) is 0. The van der Waals surface area contributed by atoms with Gasteiger partial charge in [-0.3, -0.25) is 4.79 Å². The van der Waals surface area contributed by atoms with E-state index in [9.17, 15) is 14.4 Å². The van der Waals surface area contributed by atoms with Crippen molar-refractivity contribution >= 4 is 18.0 Å². The third-order valence-corrected chi connectivity index (χ3v) is 3.02. The quantitative estimate of drug-likeness (QED) is 0.736.